The minimum Gasteiger partial charge on any atom is -0.435 e. The molecule has 1 atom stereocenters. The summed E-state index contributed by atoms with van der Waals surface area (Å²) in [6, 6.07) is 7.32. The number of aryl methyl sites for hydroxylation is 1. The second-order valence-corrected chi connectivity index (χ2v) is 5.64. The SMILES string of the molecule is CC(CCc1ccc(OC(F)F)cc1)NN1CCCCC1. The van der Waals surface area contributed by atoms with Gasteiger partial charge in [0.25, 0.3) is 0 Å². The summed E-state index contributed by atoms with van der Waals surface area (Å²) in [6.45, 7) is 1.68. The predicted molar refractivity (Wildman–Crippen MR) is 79.4 cm³/mol. The van der Waals surface area contributed by atoms with Crippen molar-refractivity contribution in [2.45, 2.75) is 51.7 Å². The van der Waals surface area contributed by atoms with E-state index in [0.29, 0.717) is 6.04 Å². The topological polar surface area (TPSA) is 24.5 Å². The molecule has 1 heterocycles. The molecule has 118 valence electrons. The Bertz CT molecular complexity index is 405. The molecule has 0 aromatic heterocycles. The van der Waals surface area contributed by atoms with Crippen LogP contribution in [0.2, 0.25) is 0 Å². The molecule has 2 rings (SSSR count). The smallest absolute Gasteiger partial charge is 0.387 e. The van der Waals surface area contributed by atoms with E-state index in [1.54, 1.807) is 12.1 Å². The number of halogens is 2. The van der Waals surface area contributed by atoms with Gasteiger partial charge in [0.2, 0.25) is 0 Å². The molecule has 0 amide bonds. The molecule has 1 fully saturated rings. The Labute approximate surface area is 125 Å². The number of nitrogens with one attached hydrogen (secondary N) is 1. The molecular formula is C16H24F2N2O. The van der Waals surface area contributed by atoms with Gasteiger partial charge in [0, 0.05) is 19.1 Å². The van der Waals surface area contributed by atoms with Gasteiger partial charge in [-0.1, -0.05) is 18.6 Å². The van der Waals surface area contributed by atoms with Crippen molar-refractivity contribution in [1.82, 2.24) is 10.4 Å². The van der Waals surface area contributed by atoms with Crippen LogP contribution < -0.4 is 10.2 Å². The van der Waals surface area contributed by atoms with Crippen LogP contribution in [0.25, 0.3) is 0 Å². The number of hydrazine groups is 1. The Balaban J connectivity index is 1.71. The fraction of sp³-hybridized carbons (Fsp3) is 0.625. The van der Waals surface area contributed by atoms with Crippen molar-refractivity contribution in [3.63, 3.8) is 0 Å². The van der Waals surface area contributed by atoms with Crippen LogP contribution in [0.4, 0.5) is 8.78 Å². The fourth-order valence-electron chi connectivity index (χ4n) is 2.62. The van der Waals surface area contributed by atoms with Crippen LogP contribution in [0.15, 0.2) is 24.3 Å². The van der Waals surface area contributed by atoms with Gasteiger partial charge in [-0.2, -0.15) is 8.78 Å². The average molecular weight is 298 g/mol. The largest absolute Gasteiger partial charge is 0.435 e. The van der Waals surface area contributed by atoms with Gasteiger partial charge < -0.3 is 4.74 Å². The summed E-state index contributed by atoms with van der Waals surface area (Å²) in [5.41, 5.74) is 4.68. The quantitative estimate of drug-likeness (QED) is 0.832. The van der Waals surface area contributed by atoms with Crippen molar-refractivity contribution in [3.05, 3.63) is 29.8 Å². The van der Waals surface area contributed by atoms with E-state index in [1.807, 2.05) is 12.1 Å². The Kier molecular flexibility index (Phi) is 6.39. The zero-order valence-corrected chi connectivity index (χ0v) is 12.5. The van der Waals surface area contributed by atoms with Crippen LogP contribution in [0.1, 0.15) is 38.2 Å². The Morgan fingerprint density at radius 2 is 1.81 bits per heavy atom. The second-order valence-electron chi connectivity index (χ2n) is 5.64. The van der Waals surface area contributed by atoms with Crippen LogP contribution in [-0.4, -0.2) is 30.8 Å². The van der Waals surface area contributed by atoms with Crippen LogP contribution >= 0.6 is 0 Å². The minimum atomic E-state index is -2.76. The molecule has 1 aromatic carbocycles. The third-order valence-corrected chi connectivity index (χ3v) is 3.77. The molecule has 0 spiro atoms. The molecule has 1 aliphatic heterocycles. The molecule has 1 aromatic rings. The number of rotatable bonds is 7. The summed E-state index contributed by atoms with van der Waals surface area (Å²) in [5, 5.41) is 2.31. The van der Waals surface area contributed by atoms with Crippen molar-refractivity contribution in [3.8, 4) is 5.75 Å². The van der Waals surface area contributed by atoms with E-state index in [0.717, 1.165) is 31.5 Å². The summed E-state index contributed by atoms with van der Waals surface area (Å²) in [4.78, 5) is 0. The first-order valence-electron chi connectivity index (χ1n) is 7.68. The molecule has 1 saturated heterocycles. The molecule has 0 radical (unpaired) electrons. The molecule has 0 saturated carbocycles. The van der Waals surface area contributed by atoms with E-state index in [-0.39, 0.29) is 5.75 Å². The van der Waals surface area contributed by atoms with E-state index < -0.39 is 6.61 Å². The number of benzene rings is 1. The number of hydrogen-bond donors (Lipinski definition) is 1. The maximum absolute atomic E-state index is 12.1. The van der Waals surface area contributed by atoms with Crippen LogP contribution in [0, 0.1) is 0 Å². The zero-order chi connectivity index (χ0) is 15.1. The molecule has 1 unspecified atom stereocenters. The van der Waals surface area contributed by atoms with E-state index in [9.17, 15) is 8.78 Å². The normalized spacial score (nSPS) is 17.9. The van der Waals surface area contributed by atoms with Gasteiger partial charge in [-0.15, -0.1) is 0 Å². The molecule has 21 heavy (non-hydrogen) atoms. The van der Waals surface area contributed by atoms with Gasteiger partial charge in [0.05, 0.1) is 0 Å². The number of hydrogen-bond acceptors (Lipinski definition) is 3. The van der Waals surface area contributed by atoms with E-state index in [4.69, 9.17) is 0 Å². The van der Waals surface area contributed by atoms with Gasteiger partial charge in [-0.3, -0.25) is 5.43 Å². The molecule has 3 nitrogen and oxygen atoms in total. The highest BCUT2D eigenvalue weighted by Gasteiger charge is 2.12. The molecule has 1 N–H and O–H groups in total. The maximum Gasteiger partial charge on any atom is 0.387 e. The molecule has 0 aliphatic carbocycles. The second kappa shape index (κ2) is 8.29. The first-order chi connectivity index (χ1) is 10.1. The Morgan fingerprint density at radius 3 is 2.43 bits per heavy atom. The van der Waals surface area contributed by atoms with Crippen molar-refractivity contribution >= 4 is 0 Å². The van der Waals surface area contributed by atoms with Crippen molar-refractivity contribution in [2.24, 2.45) is 0 Å². The lowest BCUT2D eigenvalue weighted by Crippen LogP contribution is -2.46. The number of alkyl halides is 2. The molecular weight excluding hydrogens is 274 g/mol. The molecule has 5 heteroatoms. The lowest BCUT2D eigenvalue weighted by molar-refractivity contribution is -0.0498. The van der Waals surface area contributed by atoms with Gasteiger partial charge in [-0.05, 0) is 50.3 Å². The minimum absolute atomic E-state index is 0.216. The zero-order valence-electron chi connectivity index (χ0n) is 12.5. The average Bonchev–Trinajstić information content (AvgIpc) is 2.47. The standard InChI is InChI=1S/C16H24F2N2O/c1-13(19-20-11-3-2-4-12-20)5-6-14-7-9-15(10-8-14)21-16(17)18/h7-10,13,16,19H,2-6,11-12H2,1H3. The Hall–Kier alpha value is -1.20. The highest BCUT2D eigenvalue weighted by molar-refractivity contribution is 5.27. The monoisotopic (exact) mass is 298 g/mol. The van der Waals surface area contributed by atoms with Crippen LogP contribution in [0.3, 0.4) is 0 Å². The van der Waals surface area contributed by atoms with Crippen molar-refractivity contribution in [1.29, 1.82) is 0 Å². The number of piperidine rings is 1. The Morgan fingerprint density at radius 1 is 1.14 bits per heavy atom. The summed E-state index contributed by atoms with van der Waals surface area (Å²) in [7, 11) is 0. The summed E-state index contributed by atoms with van der Waals surface area (Å²) in [5.74, 6) is 0.216. The van der Waals surface area contributed by atoms with E-state index >= 15 is 0 Å². The first-order valence-corrected chi connectivity index (χ1v) is 7.68. The van der Waals surface area contributed by atoms with Crippen molar-refractivity contribution < 1.29 is 13.5 Å². The third-order valence-electron chi connectivity index (χ3n) is 3.77. The van der Waals surface area contributed by atoms with Gasteiger partial charge in [-0.25, -0.2) is 5.01 Å². The molecule has 0 bridgehead atoms. The predicted octanol–water partition coefficient (Wildman–Crippen LogP) is 3.60. The van der Waals surface area contributed by atoms with Crippen molar-refractivity contribution in [2.75, 3.05) is 13.1 Å². The lowest BCUT2D eigenvalue weighted by atomic mass is 10.1. The highest BCUT2D eigenvalue weighted by Crippen LogP contribution is 2.16. The van der Waals surface area contributed by atoms with E-state index in [1.165, 1.54) is 19.3 Å². The summed E-state index contributed by atoms with van der Waals surface area (Å²) in [6.07, 6.45) is 5.82. The van der Waals surface area contributed by atoms with Crippen LogP contribution in [0.5, 0.6) is 5.75 Å². The van der Waals surface area contributed by atoms with Crippen LogP contribution in [-0.2, 0) is 6.42 Å². The summed E-state index contributed by atoms with van der Waals surface area (Å²) >= 11 is 0. The maximum atomic E-state index is 12.1. The fourth-order valence-corrected chi connectivity index (χ4v) is 2.62. The van der Waals surface area contributed by atoms with Gasteiger partial charge >= 0.3 is 6.61 Å². The van der Waals surface area contributed by atoms with Gasteiger partial charge in [0.15, 0.2) is 0 Å². The third kappa shape index (κ3) is 5.98. The van der Waals surface area contributed by atoms with Gasteiger partial charge in [0.1, 0.15) is 5.75 Å². The lowest BCUT2D eigenvalue weighted by Gasteiger charge is -2.30. The first kappa shape index (κ1) is 16.2. The molecule has 1 aliphatic rings. The van der Waals surface area contributed by atoms with E-state index in [2.05, 4.69) is 22.1 Å². The number of nitrogens with zero attached hydrogens (tertiary/aromatic N) is 1. The number of ether oxygens (including phenoxy) is 1. The highest BCUT2D eigenvalue weighted by atomic mass is 19.3. The summed E-state index contributed by atoms with van der Waals surface area (Å²) < 4.78 is 28.5.